The van der Waals surface area contributed by atoms with Gasteiger partial charge in [0.05, 0.1) is 0 Å². The molecule has 1 atom stereocenters. The van der Waals surface area contributed by atoms with Gasteiger partial charge in [0.15, 0.2) is 6.10 Å². The van der Waals surface area contributed by atoms with Crippen LogP contribution in [-0.4, -0.2) is 37.2 Å². The van der Waals surface area contributed by atoms with Crippen molar-refractivity contribution in [2.45, 2.75) is 239 Å². The van der Waals surface area contributed by atoms with Gasteiger partial charge in [0.2, 0.25) is 0 Å². The summed E-state index contributed by atoms with van der Waals surface area (Å²) in [7, 11) is 0. The Morgan fingerprint density at radius 1 is 0.339 bits per heavy atom. The van der Waals surface area contributed by atoms with E-state index in [1.807, 2.05) is 36.5 Å². The van der Waals surface area contributed by atoms with E-state index in [-0.39, 0.29) is 31.1 Å². The zero-order chi connectivity index (χ0) is 45.1. The molecule has 0 aromatic heterocycles. The van der Waals surface area contributed by atoms with E-state index < -0.39 is 6.10 Å². The number of allylic oxidation sites excluding steroid dienone is 14. The predicted molar refractivity (Wildman–Crippen MR) is 265 cm³/mol. The predicted octanol–water partition coefficient (Wildman–Crippen LogP) is 16.8. The summed E-state index contributed by atoms with van der Waals surface area (Å²) in [4.78, 5) is 37.9. The van der Waals surface area contributed by atoms with Gasteiger partial charge >= 0.3 is 17.9 Å². The molecule has 0 aromatic carbocycles. The van der Waals surface area contributed by atoms with E-state index in [2.05, 4.69) is 69.4 Å². The zero-order valence-electron chi connectivity index (χ0n) is 40.4. The third kappa shape index (κ3) is 47.6. The van der Waals surface area contributed by atoms with Gasteiger partial charge in [-0.3, -0.25) is 14.4 Å². The van der Waals surface area contributed by atoms with Crippen molar-refractivity contribution in [1.82, 2.24) is 0 Å². The minimum Gasteiger partial charge on any atom is -0.462 e. The van der Waals surface area contributed by atoms with Crippen LogP contribution in [-0.2, 0) is 28.6 Å². The summed E-state index contributed by atoms with van der Waals surface area (Å²) >= 11 is 0. The number of unbranched alkanes of at least 4 members (excludes halogenated alkanes) is 24. The van der Waals surface area contributed by atoms with Gasteiger partial charge in [-0.15, -0.1) is 0 Å². The number of ether oxygens (including phenoxy) is 3. The van der Waals surface area contributed by atoms with E-state index in [1.165, 1.54) is 103 Å². The molecule has 0 fully saturated rings. The highest BCUT2D eigenvalue weighted by Crippen LogP contribution is 2.14. The SMILES string of the molecule is CC\C=C/C=C\C=C/C=C\CCCCCC(=O)OCC(COC(=O)CCCCCCC/C=C\CCCCCCCCC)OC(=O)CCCCCCCC/C=C\C=C/CCCCC. The molecule has 0 aromatic rings. The molecule has 0 bridgehead atoms. The molecule has 0 aliphatic carbocycles. The first-order valence-electron chi connectivity index (χ1n) is 25.7. The van der Waals surface area contributed by atoms with E-state index in [1.54, 1.807) is 0 Å². The summed E-state index contributed by atoms with van der Waals surface area (Å²) in [5, 5.41) is 0. The maximum Gasteiger partial charge on any atom is 0.306 e. The van der Waals surface area contributed by atoms with E-state index >= 15 is 0 Å². The average Bonchev–Trinajstić information content (AvgIpc) is 3.27. The molecule has 0 aliphatic heterocycles. The Balaban J connectivity index is 4.47. The highest BCUT2D eigenvalue weighted by atomic mass is 16.6. The molecular formula is C56H94O6. The molecule has 62 heavy (non-hydrogen) atoms. The Kier molecular flexibility index (Phi) is 47.5. The molecule has 6 heteroatoms. The van der Waals surface area contributed by atoms with Crippen LogP contribution in [0.15, 0.2) is 85.1 Å². The second-order valence-corrected chi connectivity index (χ2v) is 16.8. The highest BCUT2D eigenvalue weighted by Gasteiger charge is 2.19. The molecule has 0 spiro atoms. The molecule has 6 nitrogen and oxygen atoms in total. The van der Waals surface area contributed by atoms with Crippen LogP contribution in [0.5, 0.6) is 0 Å². The number of hydrogen-bond donors (Lipinski definition) is 0. The topological polar surface area (TPSA) is 78.9 Å². The largest absolute Gasteiger partial charge is 0.462 e. The summed E-state index contributed by atoms with van der Waals surface area (Å²) < 4.78 is 16.7. The van der Waals surface area contributed by atoms with Gasteiger partial charge in [-0.05, 0) is 89.9 Å². The van der Waals surface area contributed by atoms with E-state index in [9.17, 15) is 14.4 Å². The van der Waals surface area contributed by atoms with Gasteiger partial charge < -0.3 is 14.2 Å². The van der Waals surface area contributed by atoms with Crippen molar-refractivity contribution in [1.29, 1.82) is 0 Å². The lowest BCUT2D eigenvalue weighted by molar-refractivity contribution is -0.167. The van der Waals surface area contributed by atoms with Crippen molar-refractivity contribution in [3.63, 3.8) is 0 Å². The smallest absolute Gasteiger partial charge is 0.306 e. The number of carbonyl (C=O) groups is 3. The number of rotatable bonds is 45. The first-order valence-corrected chi connectivity index (χ1v) is 25.7. The van der Waals surface area contributed by atoms with Crippen LogP contribution in [0.1, 0.15) is 233 Å². The second kappa shape index (κ2) is 50.2. The fraction of sp³-hybridized carbons (Fsp3) is 0.696. The summed E-state index contributed by atoms with van der Waals surface area (Å²) in [6, 6.07) is 0. The quantitative estimate of drug-likeness (QED) is 0.0199. The molecule has 0 saturated heterocycles. The van der Waals surface area contributed by atoms with E-state index in [0.29, 0.717) is 19.3 Å². The molecule has 0 amide bonds. The fourth-order valence-corrected chi connectivity index (χ4v) is 6.85. The molecule has 0 N–H and O–H groups in total. The number of hydrogen-bond acceptors (Lipinski definition) is 6. The lowest BCUT2D eigenvalue weighted by atomic mass is 10.1. The van der Waals surface area contributed by atoms with Gasteiger partial charge in [0.1, 0.15) is 13.2 Å². The van der Waals surface area contributed by atoms with Crippen LogP contribution >= 0.6 is 0 Å². The number of carbonyl (C=O) groups excluding carboxylic acids is 3. The van der Waals surface area contributed by atoms with Crippen LogP contribution < -0.4 is 0 Å². The fourth-order valence-electron chi connectivity index (χ4n) is 6.85. The lowest BCUT2D eigenvalue weighted by Gasteiger charge is -2.18. The maximum atomic E-state index is 12.8. The average molecular weight is 863 g/mol. The molecule has 1 unspecified atom stereocenters. The second-order valence-electron chi connectivity index (χ2n) is 16.8. The highest BCUT2D eigenvalue weighted by molar-refractivity contribution is 5.71. The summed E-state index contributed by atoms with van der Waals surface area (Å²) in [5.74, 6) is -0.960. The number of esters is 3. The zero-order valence-corrected chi connectivity index (χ0v) is 40.4. The maximum absolute atomic E-state index is 12.8. The minimum absolute atomic E-state index is 0.0991. The molecule has 0 heterocycles. The minimum atomic E-state index is -0.802. The molecule has 0 saturated carbocycles. The molecular weight excluding hydrogens is 769 g/mol. The third-order valence-corrected chi connectivity index (χ3v) is 10.7. The first kappa shape index (κ1) is 58.6. The van der Waals surface area contributed by atoms with E-state index in [0.717, 1.165) is 89.9 Å². The monoisotopic (exact) mass is 863 g/mol. The van der Waals surface area contributed by atoms with E-state index in [4.69, 9.17) is 14.2 Å². The molecule has 354 valence electrons. The van der Waals surface area contributed by atoms with Gasteiger partial charge in [-0.2, -0.15) is 0 Å². The lowest BCUT2D eigenvalue weighted by Crippen LogP contribution is -2.30. The van der Waals surface area contributed by atoms with Gasteiger partial charge in [0.25, 0.3) is 0 Å². The van der Waals surface area contributed by atoms with Crippen LogP contribution in [0.2, 0.25) is 0 Å². The van der Waals surface area contributed by atoms with Crippen LogP contribution in [0.4, 0.5) is 0 Å². The van der Waals surface area contributed by atoms with Crippen molar-refractivity contribution in [2.24, 2.45) is 0 Å². The van der Waals surface area contributed by atoms with Crippen molar-refractivity contribution in [3.05, 3.63) is 85.1 Å². The van der Waals surface area contributed by atoms with Crippen molar-refractivity contribution < 1.29 is 28.6 Å². The molecule has 0 radical (unpaired) electrons. The standard InChI is InChI=1S/C56H94O6/c1-4-7-10-13-16-19-22-25-27-29-31-34-37-40-43-46-49-55(58)61-52-53(51-60-54(57)48-45-42-39-36-33-30-24-21-18-15-12-9-6-3)62-56(59)50-47-44-41-38-35-32-28-26-23-20-17-14-11-8-5-2/h9,12,15,17-18,20-21,23-24,26-27,29-30,33,53H,4-8,10-11,13-14,16,19,22,25,28,31-32,34-52H2,1-3H3/b12-9-,18-15-,20-17-,24-21-,26-23-,29-27-,33-30-. The van der Waals surface area contributed by atoms with Gasteiger partial charge in [0, 0.05) is 19.3 Å². The van der Waals surface area contributed by atoms with Crippen LogP contribution in [0.25, 0.3) is 0 Å². The van der Waals surface area contributed by atoms with Crippen LogP contribution in [0.3, 0.4) is 0 Å². The molecule has 0 rings (SSSR count). The summed E-state index contributed by atoms with van der Waals surface area (Å²) in [5.41, 5.74) is 0. The Labute approximate surface area is 382 Å². The van der Waals surface area contributed by atoms with Crippen molar-refractivity contribution >= 4 is 17.9 Å². The summed E-state index contributed by atoms with van der Waals surface area (Å²) in [6.07, 6.45) is 64.2. The first-order chi connectivity index (χ1) is 30.5. The Morgan fingerprint density at radius 3 is 1.10 bits per heavy atom. The summed E-state index contributed by atoms with van der Waals surface area (Å²) in [6.45, 7) is 6.41. The van der Waals surface area contributed by atoms with Crippen LogP contribution in [0, 0.1) is 0 Å². The van der Waals surface area contributed by atoms with Crippen molar-refractivity contribution in [2.75, 3.05) is 13.2 Å². The Morgan fingerprint density at radius 2 is 0.645 bits per heavy atom. The van der Waals surface area contributed by atoms with Gasteiger partial charge in [-0.25, -0.2) is 0 Å². The molecule has 0 aliphatic rings. The normalized spacial score (nSPS) is 12.8. The Bertz CT molecular complexity index is 1220. The van der Waals surface area contributed by atoms with Gasteiger partial charge in [-0.1, -0.05) is 209 Å². The van der Waals surface area contributed by atoms with Crippen molar-refractivity contribution in [3.8, 4) is 0 Å². The third-order valence-electron chi connectivity index (χ3n) is 10.7. The Hall–Kier alpha value is -3.41.